The Labute approximate surface area is 120 Å². The van der Waals surface area contributed by atoms with E-state index in [4.69, 9.17) is 0 Å². The van der Waals surface area contributed by atoms with Gasteiger partial charge in [-0.2, -0.15) is 0 Å². The van der Waals surface area contributed by atoms with Gasteiger partial charge in [-0.05, 0) is 31.3 Å². The normalized spacial score (nSPS) is 10.3. The zero-order valence-corrected chi connectivity index (χ0v) is 12.0. The Balaban J connectivity index is 2.06. The Hall–Kier alpha value is -2.03. The molecule has 20 heavy (non-hydrogen) atoms. The number of carbonyl (C=O) groups is 1. The molecule has 0 fully saturated rings. The van der Waals surface area contributed by atoms with Gasteiger partial charge in [0.1, 0.15) is 11.4 Å². The second kappa shape index (κ2) is 6.42. The van der Waals surface area contributed by atoms with E-state index in [1.807, 2.05) is 6.07 Å². The first-order valence-electron chi connectivity index (χ1n) is 7.01. The van der Waals surface area contributed by atoms with Gasteiger partial charge in [-0.3, -0.25) is 0 Å². The van der Waals surface area contributed by atoms with Gasteiger partial charge in [-0.15, -0.1) is 0 Å². The molecule has 0 heterocycles. The second-order valence-corrected chi connectivity index (χ2v) is 5.05. The quantitative estimate of drug-likeness (QED) is 0.844. The zero-order chi connectivity index (χ0) is 14.5. The van der Waals surface area contributed by atoms with E-state index in [1.54, 1.807) is 25.1 Å². The number of hydrogen-bond donors (Lipinski definition) is 1. The van der Waals surface area contributed by atoms with Gasteiger partial charge in [-0.25, -0.2) is 0 Å². The summed E-state index contributed by atoms with van der Waals surface area (Å²) >= 11 is 0. The smallest absolute Gasteiger partial charge is 0.216 e. The van der Waals surface area contributed by atoms with Crippen LogP contribution in [0.15, 0.2) is 42.5 Å². The SMILES string of the molecule is CCc1cccc(CBC(=O)c2cccc(O)c2C)c1. The van der Waals surface area contributed by atoms with E-state index in [2.05, 4.69) is 25.1 Å². The minimum Gasteiger partial charge on any atom is -0.508 e. The fourth-order valence-corrected chi connectivity index (χ4v) is 2.32. The highest BCUT2D eigenvalue weighted by Crippen LogP contribution is 2.19. The van der Waals surface area contributed by atoms with Crippen molar-refractivity contribution in [1.29, 1.82) is 0 Å². The van der Waals surface area contributed by atoms with Crippen LogP contribution in [0.2, 0.25) is 0 Å². The van der Waals surface area contributed by atoms with Crippen molar-refractivity contribution in [3.63, 3.8) is 0 Å². The van der Waals surface area contributed by atoms with Crippen molar-refractivity contribution in [1.82, 2.24) is 0 Å². The molecule has 0 amide bonds. The maximum absolute atomic E-state index is 12.2. The number of phenolic OH excluding ortho intramolecular Hbond substituents is 1. The summed E-state index contributed by atoms with van der Waals surface area (Å²) in [6, 6.07) is 13.5. The number of hydrogen-bond acceptors (Lipinski definition) is 2. The maximum atomic E-state index is 12.2. The molecular formula is C17H19BO2. The largest absolute Gasteiger partial charge is 0.508 e. The molecule has 0 bridgehead atoms. The van der Waals surface area contributed by atoms with Gasteiger partial charge in [0.05, 0.1) is 0 Å². The Morgan fingerprint density at radius 2 is 1.85 bits per heavy atom. The van der Waals surface area contributed by atoms with Crippen molar-refractivity contribution in [3.8, 4) is 5.75 Å². The predicted octanol–water partition coefficient (Wildman–Crippen LogP) is 3.04. The first-order chi connectivity index (χ1) is 9.61. The number of aryl methyl sites for hydroxylation is 1. The lowest BCUT2D eigenvalue weighted by molar-refractivity contribution is 0.107. The Bertz CT molecular complexity index is 620. The molecule has 0 saturated carbocycles. The molecule has 3 heteroatoms. The summed E-state index contributed by atoms with van der Waals surface area (Å²) in [4.78, 5) is 12.2. The third kappa shape index (κ3) is 3.29. The van der Waals surface area contributed by atoms with Gasteiger partial charge in [0.25, 0.3) is 0 Å². The highest BCUT2D eigenvalue weighted by Gasteiger charge is 2.12. The molecule has 102 valence electrons. The van der Waals surface area contributed by atoms with Gasteiger partial charge in [0, 0.05) is 11.1 Å². The molecule has 0 aliphatic rings. The van der Waals surface area contributed by atoms with Crippen molar-refractivity contribution >= 4 is 13.0 Å². The Morgan fingerprint density at radius 1 is 1.15 bits per heavy atom. The van der Waals surface area contributed by atoms with Crippen LogP contribution in [0, 0.1) is 6.92 Å². The van der Waals surface area contributed by atoms with Gasteiger partial charge in [0.15, 0.2) is 0 Å². The molecule has 0 unspecified atom stereocenters. The van der Waals surface area contributed by atoms with Crippen molar-refractivity contribution < 1.29 is 9.90 Å². The second-order valence-electron chi connectivity index (χ2n) is 5.05. The molecular weight excluding hydrogens is 247 g/mol. The van der Waals surface area contributed by atoms with Crippen LogP contribution in [-0.2, 0) is 12.7 Å². The van der Waals surface area contributed by atoms with E-state index in [1.165, 1.54) is 11.1 Å². The van der Waals surface area contributed by atoms with Gasteiger partial charge in [-0.1, -0.05) is 48.9 Å². The Morgan fingerprint density at radius 3 is 2.60 bits per heavy atom. The summed E-state index contributed by atoms with van der Waals surface area (Å²) in [5.41, 5.74) is 3.86. The molecule has 0 atom stereocenters. The number of rotatable bonds is 5. The number of aromatic hydroxyl groups is 1. The van der Waals surface area contributed by atoms with Crippen LogP contribution in [0.1, 0.15) is 34.0 Å². The van der Waals surface area contributed by atoms with Crippen molar-refractivity contribution in [3.05, 3.63) is 64.7 Å². The van der Waals surface area contributed by atoms with Crippen LogP contribution in [0.5, 0.6) is 5.75 Å². The van der Waals surface area contributed by atoms with E-state index in [0.29, 0.717) is 18.4 Å². The molecule has 1 N–H and O–H groups in total. The molecule has 2 aromatic rings. The lowest BCUT2D eigenvalue weighted by Crippen LogP contribution is -2.14. The first kappa shape index (κ1) is 14.4. The zero-order valence-electron chi connectivity index (χ0n) is 12.0. The monoisotopic (exact) mass is 266 g/mol. The predicted molar refractivity (Wildman–Crippen MR) is 83.8 cm³/mol. The average molecular weight is 266 g/mol. The lowest BCUT2D eigenvalue weighted by Gasteiger charge is -2.06. The number of phenols is 1. The molecule has 2 nitrogen and oxygen atoms in total. The molecule has 0 saturated heterocycles. The summed E-state index contributed by atoms with van der Waals surface area (Å²) in [6.07, 6.45) is 1.75. The van der Waals surface area contributed by atoms with Crippen molar-refractivity contribution in [2.75, 3.05) is 0 Å². The highest BCUT2D eigenvalue weighted by molar-refractivity contribution is 6.77. The standard InChI is InChI=1S/C17H19BO2/c1-3-13-6-4-7-14(10-13)11-18-17(20)15-8-5-9-16(19)12(15)2/h4-10,18-19H,3,11H2,1-2H3. The van der Waals surface area contributed by atoms with E-state index >= 15 is 0 Å². The van der Waals surface area contributed by atoms with Crippen molar-refractivity contribution in [2.45, 2.75) is 26.6 Å². The summed E-state index contributed by atoms with van der Waals surface area (Å²) in [5, 5.41) is 9.65. The van der Waals surface area contributed by atoms with E-state index < -0.39 is 0 Å². The molecule has 0 aliphatic carbocycles. The van der Waals surface area contributed by atoms with Gasteiger partial charge >= 0.3 is 0 Å². The van der Waals surface area contributed by atoms with Crippen LogP contribution in [0.4, 0.5) is 0 Å². The summed E-state index contributed by atoms with van der Waals surface area (Å²) < 4.78 is 0. The first-order valence-corrected chi connectivity index (χ1v) is 7.01. The molecule has 0 aromatic heterocycles. The van der Waals surface area contributed by atoms with E-state index in [9.17, 15) is 9.90 Å². The molecule has 0 spiro atoms. The lowest BCUT2D eigenvalue weighted by atomic mass is 9.65. The molecule has 2 rings (SSSR count). The fraction of sp³-hybridized carbons (Fsp3) is 0.235. The Kier molecular flexibility index (Phi) is 4.62. The fourth-order valence-electron chi connectivity index (χ4n) is 2.32. The molecule has 2 aromatic carbocycles. The molecule has 0 aliphatic heterocycles. The van der Waals surface area contributed by atoms with Crippen LogP contribution in [0.25, 0.3) is 0 Å². The molecule has 0 radical (unpaired) electrons. The number of benzene rings is 2. The summed E-state index contributed by atoms with van der Waals surface area (Å²) in [5.74, 6) is 0.184. The number of carbonyl (C=O) groups excluding carboxylic acids is 1. The van der Waals surface area contributed by atoms with E-state index in [0.717, 1.165) is 12.7 Å². The third-order valence-corrected chi connectivity index (χ3v) is 3.65. The van der Waals surface area contributed by atoms with Crippen LogP contribution >= 0.6 is 0 Å². The van der Waals surface area contributed by atoms with Gasteiger partial charge in [0.2, 0.25) is 7.28 Å². The minimum absolute atomic E-state index is 0.0836. The van der Waals surface area contributed by atoms with Crippen LogP contribution in [0.3, 0.4) is 0 Å². The topological polar surface area (TPSA) is 37.3 Å². The van der Waals surface area contributed by atoms with Gasteiger partial charge < -0.3 is 9.90 Å². The van der Waals surface area contributed by atoms with E-state index in [-0.39, 0.29) is 11.4 Å². The summed E-state index contributed by atoms with van der Waals surface area (Å²) in [6.45, 7) is 3.90. The average Bonchev–Trinajstić information content (AvgIpc) is 2.48. The highest BCUT2D eigenvalue weighted by atomic mass is 16.3. The maximum Gasteiger partial charge on any atom is 0.216 e. The van der Waals surface area contributed by atoms with Crippen LogP contribution < -0.4 is 0 Å². The third-order valence-electron chi connectivity index (χ3n) is 3.65. The van der Waals surface area contributed by atoms with Crippen molar-refractivity contribution in [2.24, 2.45) is 0 Å². The minimum atomic E-state index is 0.0836. The summed E-state index contributed by atoms with van der Waals surface area (Å²) in [7, 11) is 0.470. The van der Waals surface area contributed by atoms with Crippen LogP contribution in [-0.4, -0.2) is 18.1 Å².